The minimum absolute atomic E-state index is 0.133. The molecule has 35 heavy (non-hydrogen) atoms. The second-order valence-corrected chi connectivity index (χ2v) is 8.50. The second-order valence-electron chi connectivity index (χ2n) is 8.50. The van der Waals surface area contributed by atoms with Crippen molar-refractivity contribution in [2.24, 2.45) is 13.0 Å². The average molecular weight is 485 g/mol. The molecular weight excluding hydrogens is 455 g/mol. The van der Waals surface area contributed by atoms with E-state index in [1.807, 2.05) is 26.0 Å². The summed E-state index contributed by atoms with van der Waals surface area (Å²) >= 11 is 0. The first-order valence-electron chi connectivity index (χ1n) is 11.6. The van der Waals surface area contributed by atoms with E-state index in [1.54, 1.807) is 11.7 Å². The fourth-order valence-corrected chi connectivity index (χ4v) is 4.14. The van der Waals surface area contributed by atoms with Gasteiger partial charge < -0.3 is 20.5 Å². The van der Waals surface area contributed by atoms with Crippen LogP contribution in [0.15, 0.2) is 18.3 Å². The SMILES string of the molecule is CCNc1nc(NCc2c(-c3ccc(O[C@H]4CCC[C@H](C(=O)O)C4)c(C)n3)nnn2C)ncc1F. The van der Waals surface area contributed by atoms with Crippen LogP contribution in [0.25, 0.3) is 11.4 Å². The zero-order valence-electron chi connectivity index (χ0n) is 20.0. The molecule has 3 heterocycles. The lowest BCUT2D eigenvalue weighted by Crippen LogP contribution is -2.29. The van der Waals surface area contributed by atoms with E-state index in [4.69, 9.17) is 4.74 Å². The Kier molecular flexibility index (Phi) is 7.37. The number of halogens is 1. The number of ether oxygens (including phenoxy) is 1. The van der Waals surface area contributed by atoms with E-state index in [0.29, 0.717) is 48.8 Å². The van der Waals surface area contributed by atoms with Gasteiger partial charge in [0.1, 0.15) is 11.4 Å². The summed E-state index contributed by atoms with van der Waals surface area (Å²) in [5.41, 5.74) is 2.65. The molecule has 1 saturated carbocycles. The van der Waals surface area contributed by atoms with Crippen molar-refractivity contribution in [1.82, 2.24) is 29.9 Å². The van der Waals surface area contributed by atoms with Crippen molar-refractivity contribution < 1.29 is 19.0 Å². The number of rotatable bonds is 9. The summed E-state index contributed by atoms with van der Waals surface area (Å²) in [5, 5.41) is 23.7. The molecule has 3 N–H and O–H groups in total. The third-order valence-corrected chi connectivity index (χ3v) is 5.99. The van der Waals surface area contributed by atoms with Crippen LogP contribution in [0.4, 0.5) is 16.2 Å². The predicted molar refractivity (Wildman–Crippen MR) is 126 cm³/mol. The van der Waals surface area contributed by atoms with E-state index < -0.39 is 11.8 Å². The quantitative estimate of drug-likeness (QED) is 0.415. The van der Waals surface area contributed by atoms with Gasteiger partial charge in [-0.15, -0.1) is 5.10 Å². The first kappa shape index (κ1) is 24.3. The number of hydrogen-bond acceptors (Lipinski definition) is 9. The van der Waals surface area contributed by atoms with E-state index in [2.05, 4.69) is 35.9 Å². The Morgan fingerprint density at radius 2 is 2.11 bits per heavy atom. The Morgan fingerprint density at radius 3 is 2.86 bits per heavy atom. The maximum atomic E-state index is 13.8. The van der Waals surface area contributed by atoms with E-state index in [-0.39, 0.29) is 23.8 Å². The highest BCUT2D eigenvalue weighted by Gasteiger charge is 2.28. The molecule has 1 aliphatic carbocycles. The van der Waals surface area contributed by atoms with Gasteiger partial charge in [-0.1, -0.05) is 5.21 Å². The highest BCUT2D eigenvalue weighted by molar-refractivity contribution is 5.70. The van der Waals surface area contributed by atoms with Gasteiger partial charge in [-0.2, -0.15) is 4.98 Å². The van der Waals surface area contributed by atoms with Crippen LogP contribution in [0.2, 0.25) is 0 Å². The fraction of sp³-hybridized carbons (Fsp3) is 0.478. The number of aromatic nitrogens is 6. The number of hydrogen-bond donors (Lipinski definition) is 3. The topological polar surface area (TPSA) is 140 Å². The van der Waals surface area contributed by atoms with Crippen molar-refractivity contribution in [3.05, 3.63) is 35.5 Å². The van der Waals surface area contributed by atoms with Gasteiger partial charge in [0.05, 0.1) is 41.8 Å². The second kappa shape index (κ2) is 10.6. The summed E-state index contributed by atoms with van der Waals surface area (Å²) < 4.78 is 21.5. The normalized spacial score (nSPS) is 17.7. The van der Waals surface area contributed by atoms with Gasteiger partial charge in [-0.05, 0) is 51.7 Å². The smallest absolute Gasteiger partial charge is 0.306 e. The number of aryl methyl sites for hydroxylation is 2. The maximum Gasteiger partial charge on any atom is 0.306 e. The van der Waals surface area contributed by atoms with Crippen LogP contribution in [0.3, 0.4) is 0 Å². The summed E-state index contributed by atoms with van der Waals surface area (Å²) in [6, 6.07) is 3.64. The molecule has 0 spiro atoms. The minimum Gasteiger partial charge on any atom is -0.489 e. The van der Waals surface area contributed by atoms with Crippen LogP contribution in [0.1, 0.15) is 44.0 Å². The summed E-state index contributed by atoms with van der Waals surface area (Å²) in [6.07, 6.45) is 3.81. The summed E-state index contributed by atoms with van der Waals surface area (Å²) in [4.78, 5) is 24.2. The number of carboxylic acids is 1. The minimum atomic E-state index is -0.767. The van der Waals surface area contributed by atoms with Gasteiger partial charge in [0.25, 0.3) is 0 Å². The van der Waals surface area contributed by atoms with Crippen molar-refractivity contribution in [3.8, 4) is 17.1 Å². The third-order valence-electron chi connectivity index (χ3n) is 5.99. The molecule has 3 aromatic rings. The molecule has 0 unspecified atom stereocenters. The van der Waals surface area contributed by atoms with Gasteiger partial charge in [0.2, 0.25) is 5.95 Å². The molecule has 3 aromatic heterocycles. The number of carboxylic acid groups (broad SMARTS) is 1. The molecule has 1 fully saturated rings. The zero-order valence-corrected chi connectivity index (χ0v) is 20.0. The van der Waals surface area contributed by atoms with Gasteiger partial charge in [0, 0.05) is 13.6 Å². The van der Waals surface area contributed by atoms with E-state index >= 15 is 0 Å². The number of aliphatic carboxylic acids is 1. The van der Waals surface area contributed by atoms with Crippen molar-refractivity contribution in [3.63, 3.8) is 0 Å². The molecule has 186 valence electrons. The predicted octanol–water partition coefficient (Wildman–Crippen LogP) is 3.18. The molecular formula is C23H29FN8O3. The monoisotopic (exact) mass is 484 g/mol. The van der Waals surface area contributed by atoms with Crippen molar-refractivity contribution in [2.45, 2.75) is 52.2 Å². The molecule has 0 saturated heterocycles. The van der Waals surface area contributed by atoms with Crippen LogP contribution < -0.4 is 15.4 Å². The van der Waals surface area contributed by atoms with E-state index in [0.717, 1.165) is 24.7 Å². The number of nitrogens with zero attached hydrogens (tertiary/aromatic N) is 6. The lowest BCUT2D eigenvalue weighted by atomic mass is 9.87. The summed E-state index contributed by atoms with van der Waals surface area (Å²) in [7, 11) is 1.77. The third kappa shape index (κ3) is 5.64. The molecule has 2 atom stereocenters. The van der Waals surface area contributed by atoms with E-state index in [9.17, 15) is 14.3 Å². The molecule has 4 rings (SSSR count). The lowest BCUT2D eigenvalue weighted by Gasteiger charge is -2.27. The maximum absolute atomic E-state index is 13.8. The van der Waals surface area contributed by atoms with Crippen LogP contribution in [0.5, 0.6) is 5.75 Å². The van der Waals surface area contributed by atoms with Crippen molar-refractivity contribution in [2.75, 3.05) is 17.2 Å². The van der Waals surface area contributed by atoms with Crippen LogP contribution in [0, 0.1) is 18.7 Å². The zero-order chi connectivity index (χ0) is 24.9. The van der Waals surface area contributed by atoms with Gasteiger partial charge in [-0.25, -0.2) is 19.0 Å². The highest BCUT2D eigenvalue weighted by Crippen LogP contribution is 2.30. The molecule has 0 aliphatic heterocycles. The summed E-state index contributed by atoms with van der Waals surface area (Å²) in [5.74, 6) is -0.618. The standard InChI is InChI=1S/C23H29FN8O3/c1-4-25-21-16(24)11-26-23(29-21)27-12-18-20(30-31-32(18)3)17-8-9-19(13(2)28-17)35-15-7-5-6-14(10-15)22(33)34/h8-9,11,14-15H,4-7,10,12H2,1-3H3,(H,33,34)(H2,25,26,27,29)/t14-,15-/m0/s1. The molecule has 0 bridgehead atoms. The summed E-state index contributed by atoms with van der Waals surface area (Å²) in [6.45, 7) is 4.54. The van der Waals surface area contributed by atoms with Gasteiger partial charge in [0.15, 0.2) is 11.6 Å². The Morgan fingerprint density at radius 1 is 1.29 bits per heavy atom. The first-order chi connectivity index (χ1) is 16.9. The largest absolute Gasteiger partial charge is 0.489 e. The van der Waals surface area contributed by atoms with Gasteiger partial charge >= 0.3 is 5.97 Å². The van der Waals surface area contributed by atoms with Gasteiger partial charge in [-0.3, -0.25) is 4.79 Å². The molecule has 1 aliphatic rings. The van der Waals surface area contributed by atoms with Crippen molar-refractivity contribution in [1.29, 1.82) is 0 Å². The number of anilines is 2. The molecule has 0 amide bonds. The van der Waals surface area contributed by atoms with Crippen LogP contribution in [-0.4, -0.2) is 53.7 Å². The molecule has 0 aromatic carbocycles. The molecule has 0 radical (unpaired) electrons. The number of carbonyl (C=O) groups is 1. The Labute approximate surface area is 202 Å². The average Bonchev–Trinajstić information content (AvgIpc) is 3.21. The van der Waals surface area contributed by atoms with E-state index in [1.165, 1.54) is 0 Å². The number of nitrogens with one attached hydrogen (secondary N) is 2. The lowest BCUT2D eigenvalue weighted by molar-refractivity contribution is -0.143. The number of pyridine rings is 1. The molecule has 11 nitrogen and oxygen atoms in total. The van der Waals surface area contributed by atoms with Crippen LogP contribution in [-0.2, 0) is 18.4 Å². The Hall–Kier alpha value is -3.83. The highest BCUT2D eigenvalue weighted by atomic mass is 19.1. The fourth-order valence-electron chi connectivity index (χ4n) is 4.14. The Bertz CT molecular complexity index is 1200. The first-order valence-corrected chi connectivity index (χ1v) is 11.6. The van der Waals surface area contributed by atoms with Crippen molar-refractivity contribution >= 4 is 17.7 Å². The Balaban J connectivity index is 1.48. The molecule has 12 heteroatoms. The van der Waals surface area contributed by atoms with Crippen LogP contribution >= 0.6 is 0 Å².